The topological polar surface area (TPSA) is 21.3 Å². The average molecular weight is 341 g/mol. The number of aryl methyl sites for hydroxylation is 1. The van der Waals surface area contributed by atoms with E-state index in [1.807, 2.05) is 18.2 Å². The lowest BCUT2D eigenvalue weighted by Crippen LogP contribution is -2.01. The van der Waals surface area contributed by atoms with Crippen LogP contribution in [0.3, 0.4) is 0 Å². The maximum absolute atomic E-state index is 6.00. The van der Waals surface area contributed by atoms with Crippen molar-refractivity contribution in [2.24, 2.45) is 0 Å². The highest BCUT2D eigenvalue weighted by Gasteiger charge is 2.04. The fraction of sp³-hybridized carbons (Fsp3) is 0.200. The Morgan fingerprint density at radius 3 is 2.68 bits per heavy atom. The van der Waals surface area contributed by atoms with Crippen LogP contribution in [0.4, 0.5) is 5.69 Å². The van der Waals surface area contributed by atoms with Gasteiger partial charge in [0, 0.05) is 16.0 Å². The summed E-state index contributed by atoms with van der Waals surface area (Å²) >= 11 is 9.54. The average Bonchev–Trinajstić information content (AvgIpc) is 2.40. The van der Waals surface area contributed by atoms with Gasteiger partial charge in [0.25, 0.3) is 0 Å². The van der Waals surface area contributed by atoms with E-state index < -0.39 is 0 Å². The van der Waals surface area contributed by atoms with Crippen molar-refractivity contribution in [1.82, 2.24) is 0 Å². The number of anilines is 1. The lowest BCUT2D eigenvalue weighted by molar-refractivity contribution is 0.416. The maximum Gasteiger partial charge on any atom is 0.142 e. The van der Waals surface area contributed by atoms with Gasteiger partial charge in [-0.3, -0.25) is 0 Å². The van der Waals surface area contributed by atoms with Crippen molar-refractivity contribution in [2.75, 3.05) is 12.4 Å². The number of rotatable bonds is 4. The molecule has 0 spiro atoms. The van der Waals surface area contributed by atoms with E-state index in [2.05, 4.69) is 46.4 Å². The van der Waals surface area contributed by atoms with Crippen LogP contribution in [0.15, 0.2) is 40.9 Å². The molecule has 19 heavy (non-hydrogen) atoms. The highest BCUT2D eigenvalue weighted by atomic mass is 79.9. The first kappa shape index (κ1) is 14.2. The van der Waals surface area contributed by atoms with E-state index >= 15 is 0 Å². The summed E-state index contributed by atoms with van der Waals surface area (Å²) in [7, 11) is 1.65. The highest BCUT2D eigenvalue weighted by Crippen LogP contribution is 2.28. The molecule has 2 rings (SSSR count). The quantitative estimate of drug-likeness (QED) is 0.842. The standard InChI is InChI=1S/C15H15BrClNO/c1-10-3-4-11(7-13(10)16)9-18-14-8-12(17)5-6-15(14)19-2/h3-8,18H,9H2,1-2H3. The minimum atomic E-state index is 0.688. The smallest absolute Gasteiger partial charge is 0.142 e. The first-order valence-electron chi connectivity index (χ1n) is 5.92. The molecule has 2 nitrogen and oxygen atoms in total. The van der Waals surface area contributed by atoms with Crippen LogP contribution >= 0.6 is 27.5 Å². The van der Waals surface area contributed by atoms with Gasteiger partial charge in [0.05, 0.1) is 12.8 Å². The molecule has 0 aliphatic heterocycles. The summed E-state index contributed by atoms with van der Waals surface area (Å²) in [5.74, 6) is 0.788. The van der Waals surface area contributed by atoms with E-state index in [-0.39, 0.29) is 0 Å². The number of halogens is 2. The lowest BCUT2D eigenvalue weighted by atomic mass is 10.1. The van der Waals surface area contributed by atoms with E-state index in [4.69, 9.17) is 16.3 Å². The number of nitrogens with one attached hydrogen (secondary N) is 1. The van der Waals surface area contributed by atoms with Crippen molar-refractivity contribution < 1.29 is 4.74 Å². The number of hydrogen-bond donors (Lipinski definition) is 1. The second-order valence-electron chi connectivity index (χ2n) is 4.28. The molecule has 2 aromatic rings. The monoisotopic (exact) mass is 339 g/mol. The van der Waals surface area contributed by atoms with Crippen LogP contribution in [0, 0.1) is 6.92 Å². The van der Waals surface area contributed by atoms with E-state index in [1.165, 1.54) is 11.1 Å². The van der Waals surface area contributed by atoms with Crippen molar-refractivity contribution in [1.29, 1.82) is 0 Å². The van der Waals surface area contributed by atoms with Crippen molar-refractivity contribution in [3.8, 4) is 5.75 Å². The molecular formula is C15H15BrClNO. The second kappa shape index (κ2) is 6.31. The molecule has 0 heterocycles. The van der Waals surface area contributed by atoms with Crippen molar-refractivity contribution in [2.45, 2.75) is 13.5 Å². The van der Waals surface area contributed by atoms with Gasteiger partial charge in [-0.25, -0.2) is 0 Å². The van der Waals surface area contributed by atoms with Gasteiger partial charge in [-0.05, 0) is 42.3 Å². The number of ether oxygens (including phenoxy) is 1. The number of hydrogen-bond acceptors (Lipinski definition) is 2. The first-order valence-corrected chi connectivity index (χ1v) is 7.09. The van der Waals surface area contributed by atoms with Crippen LogP contribution < -0.4 is 10.1 Å². The third-order valence-corrected chi connectivity index (χ3v) is 3.97. The van der Waals surface area contributed by atoms with Gasteiger partial charge in [-0.1, -0.05) is 39.7 Å². The third kappa shape index (κ3) is 3.64. The minimum absolute atomic E-state index is 0.688. The third-order valence-electron chi connectivity index (χ3n) is 2.88. The molecule has 1 N–H and O–H groups in total. The summed E-state index contributed by atoms with van der Waals surface area (Å²) in [4.78, 5) is 0. The minimum Gasteiger partial charge on any atom is -0.495 e. The summed E-state index contributed by atoms with van der Waals surface area (Å²) in [5, 5.41) is 4.03. The largest absolute Gasteiger partial charge is 0.495 e. The maximum atomic E-state index is 6.00. The summed E-state index contributed by atoms with van der Waals surface area (Å²) in [5.41, 5.74) is 3.32. The summed E-state index contributed by atoms with van der Waals surface area (Å²) < 4.78 is 6.42. The molecule has 0 fully saturated rings. The zero-order valence-corrected chi connectivity index (χ0v) is 13.2. The van der Waals surface area contributed by atoms with E-state index in [0.717, 1.165) is 22.5 Å². The molecule has 0 unspecified atom stereocenters. The normalized spacial score (nSPS) is 10.3. The molecule has 0 atom stereocenters. The van der Waals surface area contributed by atoms with Crippen LogP contribution in [0.25, 0.3) is 0 Å². The molecule has 0 saturated heterocycles. The van der Waals surface area contributed by atoms with Crippen LogP contribution in [-0.2, 0) is 6.54 Å². The summed E-state index contributed by atoms with van der Waals surface area (Å²) in [6.45, 7) is 2.79. The Morgan fingerprint density at radius 1 is 1.21 bits per heavy atom. The fourth-order valence-corrected chi connectivity index (χ4v) is 2.36. The molecule has 0 radical (unpaired) electrons. The van der Waals surface area contributed by atoms with Crippen molar-refractivity contribution in [3.05, 3.63) is 57.0 Å². The van der Waals surface area contributed by atoms with Gasteiger partial charge in [0.1, 0.15) is 5.75 Å². The Hall–Kier alpha value is -1.19. The predicted molar refractivity (Wildman–Crippen MR) is 84.2 cm³/mol. The molecule has 0 amide bonds. The summed E-state index contributed by atoms with van der Waals surface area (Å²) in [6.07, 6.45) is 0. The Kier molecular flexibility index (Phi) is 4.72. The second-order valence-corrected chi connectivity index (χ2v) is 5.57. The van der Waals surface area contributed by atoms with Crippen molar-refractivity contribution >= 4 is 33.2 Å². The van der Waals surface area contributed by atoms with Crippen LogP contribution in [-0.4, -0.2) is 7.11 Å². The Bertz CT molecular complexity index is 586. The lowest BCUT2D eigenvalue weighted by Gasteiger charge is -2.12. The molecule has 100 valence electrons. The van der Waals surface area contributed by atoms with E-state index in [0.29, 0.717) is 5.02 Å². The Morgan fingerprint density at radius 2 is 2.00 bits per heavy atom. The van der Waals surface area contributed by atoms with E-state index in [1.54, 1.807) is 7.11 Å². The van der Waals surface area contributed by atoms with Crippen LogP contribution in [0.5, 0.6) is 5.75 Å². The predicted octanol–water partition coefficient (Wildman–Crippen LogP) is 5.03. The van der Waals surface area contributed by atoms with Gasteiger partial charge in [0.15, 0.2) is 0 Å². The molecule has 0 bridgehead atoms. The van der Waals surface area contributed by atoms with Gasteiger partial charge >= 0.3 is 0 Å². The zero-order chi connectivity index (χ0) is 13.8. The van der Waals surface area contributed by atoms with Crippen LogP contribution in [0.1, 0.15) is 11.1 Å². The van der Waals surface area contributed by atoms with Crippen molar-refractivity contribution in [3.63, 3.8) is 0 Å². The molecule has 0 saturated carbocycles. The Labute approximate surface area is 126 Å². The van der Waals surface area contributed by atoms with Gasteiger partial charge in [-0.2, -0.15) is 0 Å². The molecule has 0 aliphatic carbocycles. The first-order chi connectivity index (χ1) is 9.10. The van der Waals surface area contributed by atoms with Gasteiger partial charge in [-0.15, -0.1) is 0 Å². The number of methoxy groups -OCH3 is 1. The fourth-order valence-electron chi connectivity index (χ4n) is 1.76. The summed E-state index contributed by atoms with van der Waals surface area (Å²) in [6, 6.07) is 11.8. The van der Waals surface area contributed by atoms with E-state index in [9.17, 15) is 0 Å². The zero-order valence-electron chi connectivity index (χ0n) is 10.8. The van der Waals surface area contributed by atoms with Gasteiger partial charge in [0.2, 0.25) is 0 Å². The van der Waals surface area contributed by atoms with Crippen LogP contribution in [0.2, 0.25) is 5.02 Å². The molecular weight excluding hydrogens is 326 g/mol. The SMILES string of the molecule is COc1ccc(Cl)cc1NCc1ccc(C)c(Br)c1. The highest BCUT2D eigenvalue weighted by molar-refractivity contribution is 9.10. The molecule has 2 aromatic carbocycles. The Balaban J connectivity index is 2.13. The molecule has 0 aliphatic rings. The molecule has 0 aromatic heterocycles. The number of benzene rings is 2. The molecule has 4 heteroatoms. The van der Waals surface area contributed by atoms with Gasteiger partial charge < -0.3 is 10.1 Å².